The maximum absolute atomic E-state index is 5.58. The third-order valence-corrected chi connectivity index (χ3v) is 3.63. The van der Waals surface area contributed by atoms with Gasteiger partial charge in [0.25, 0.3) is 0 Å². The number of nitrogens with one attached hydrogen (secondary N) is 1. The van der Waals surface area contributed by atoms with Gasteiger partial charge in [0, 0.05) is 14.2 Å². The summed E-state index contributed by atoms with van der Waals surface area (Å²) in [6.07, 6.45) is 4.16. The van der Waals surface area contributed by atoms with Gasteiger partial charge in [-0.15, -0.1) is 0 Å². The largest absolute Gasteiger partial charge is 0.354 e. The van der Waals surface area contributed by atoms with Crippen LogP contribution >= 0.6 is 0 Å². The predicted octanol–water partition coefficient (Wildman–Crippen LogP) is 1.17. The molecular weight excluding hydrogens is 228 g/mol. The second kappa shape index (κ2) is 6.29. The molecule has 18 heavy (non-hydrogen) atoms. The quantitative estimate of drug-likeness (QED) is 0.452. The molecule has 1 aliphatic rings. The van der Waals surface area contributed by atoms with Gasteiger partial charge in [0.05, 0.1) is 6.04 Å². The average molecular weight is 250 g/mol. The minimum absolute atomic E-state index is 0.0422. The number of nitrogens with two attached hydrogens (primary N) is 1. The maximum Gasteiger partial charge on any atom is 0.173 e. The van der Waals surface area contributed by atoms with E-state index in [4.69, 9.17) is 15.3 Å². The van der Waals surface area contributed by atoms with E-state index in [1.54, 1.807) is 14.2 Å². The minimum atomic E-state index is -0.330. The highest BCUT2D eigenvalue weighted by molar-refractivity contribution is 5.35. The molecule has 0 saturated carbocycles. The summed E-state index contributed by atoms with van der Waals surface area (Å²) in [5.41, 5.74) is 7.02. The third-order valence-electron chi connectivity index (χ3n) is 3.63. The Kier molecular flexibility index (Phi) is 4.72. The topological polar surface area (TPSA) is 56.5 Å². The van der Waals surface area contributed by atoms with Crippen LogP contribution in [0, 0.1) is 0 Å². The number of hydrogen-bond donors (Lipinski definition) is 2. The second-order valence-electron chi connectivity index (χ2n) is 4.77. The fourth-order valence-electron chi connectivity index (χ4n) is 2.66. The van der Waals surface area contributed by atoms with Crippen molar-refractivity contribution in [1.82, 2.24) is 5.43 Å². The van der Waals surface area contributed by atoms with Gasteiger partial charge in [-0.3, -0.25) is 11.3 Å². The zero-order chi connectivity index (χ0) is 13.0. The molecule has 0 amide bonds. The van der Waals surface area contributed by atoms with Crippen molar-refractivity contribution in [2.45, 2.75) is 38.0 Å². The number of benzene rings is 1. The fraction of sp³-hybridized carbons (Fsp3) is 0.571. The number of rotatable bonds is 6. The van der Waals surface area contributed by atoms with Crippen molar-refractivity contribution < 1.29 is 9.47 Å². The van der Waals surface area contributed by atoms with Crippen LogP contribution in [0.5, 0.6) is 0 Å². The average Bonchev–Trinajstić information content (AvgIpc) is 2.86. The molecule has 1 unspecified atom stereocenters. The first-order chi connectivity index (χ1) is 8.78. The molecule has 0 heterocycles. The zero-order valence-corrected chi connectivity index (χ0v) is 11.1. The van der Waals surface area contributed by atoms with E-state index >= 15 is 0 Å². The van der Waals surface area contributed by atoms with Crippen LogP contribution < -0.4 is 11.3 Å². The lowest BCUT2D eigenvalue weighted by Crippen LogP contribution is -2.47. The standard InChI is InChI=1S/C14H22N2O2/c1-17-14(18-2)13(16-15)9-10-6-7-11-4-3-5-12(11)8-10/h6-8,13-14,16H,3-5,9,15H2,1-2H3. The molecule has 0 bridgehead atoms. The molecule has 0 fully saturated rings. The van der Waals surface area contributed by atoms with Crippen molar-refractivity contribution in [2.75, 3.05) is 14.2 Å². The molecule has 100 valence electrons. The molecule has 2 rings (SSSR count). The van der Waals surface area contributed by atoms with Gasteiger partial charge in [0.1, 0.15) is 0 Å². The van der Waals surface area contributed by atoms with Crippen LogP contribution in [0.2, 0.25) is 0 Å². The first-order valence-electron chi connectivity index (χ1n) is 6.41. The lowest BCUT2D eigenvalue weighted by Gasteiger charge is -2.24. The van der Waals surface area contributed by atoms with E-state index in [1.165, 1.54) is 36.0 Å². The molecule has 0 aromatic heterocycles. The molecule has 1 aromatic carbocycles. The van der Waals surface area contributed by atoms with Crippen LogP contribution in [0.1, 0.15) is 23.1 Å². The molecule has 0 saturated heterocycles. The maximum atomic E-state index is 5.58. The molecule has 0 spiro atoms. The molecule has 1 aliphatic carbocycles. The number of hydrazine groups is 1. The Morgan fingerprint density at radius 2 is 1.94 bits per heavy atom. The van der Waals surface area contributed by atoms with E-state index in [9.17, 15) is 0 Å². The summed E-state index contributed by atoms with van der Waals surface area (Å²) in [6, 6.07) is 6.66. The normalized spacial score (nSPS) is 16.0. The molecule has 4 nitrogen and oxygen atoms in total. The number of fused-ring (bicyclic) bond motifs is 1. The van der Waals surface area contributed by atoms with Crippen molar-refractivity contribution in [3.63, 3.8) is 0 Å². The summed E-state index contributed by atoms with van der Waals surface area (Å²) in [5.74, 6) is 5.58. The number of aryl methyl sites for hydroxylation is 2. The van der Waals surface area contributed by atoms with E-state index in [0.29, 0.717) is 0 Å². The summed E-state index contributed by atoms with van der Waals surface area (Å²) in [6.45, 7) is 0. The number of ether oxygens (including phenoxy) is 2. The van der Waals surface area contributed by atoms with Gasteiger partial charge in [-0.05, 0) is 42.4 Å². The van der Waals surface area contributed by atoms with Gasteiger partial charge in [-0.2, -0.15) is 0 Å². The van der Waals surface area contributed by atoms with Crippen molar-refractivity contribution >= 4 is 0 Å². The molecule has 0 aliphatic heterocycles. The molecule has 3 N–H and O–H groups in total. The van der Waals surface area contributed by atoms with E-state index in [0.717, 1.165) is 6.42 Å². The Hall–Kier alpha value is -0.940. The predicted molar refractivity (Wildman–Crippen MR) is 71.1 cm³/mol. The van der Waals surface area contributed by atoms with Gasteiger partial charge in [0.15, 0.2) is 6.29 Å². The summed E-state index contributed by atoms with van der Waals surface area (Å²) >= 11 is 0. The van der Waals surface area contributed by atoms with Gasteiger partial charge < -0.3 is 9.47 Å². The minimum Gasteiger partial charge on any atom is -0.354 e. The van der Waals surface area contributed by atoms with Crippen LogP contribution in [0.3, 0.4) is 0 Å². The van der Waals surface area contributed by atoms with Crippen molar-refractivity contribution in [1.29, 1.82) is 0 Å². The summed E-state index contributed by atoms with van der Waals surface area (Å²) in [5, 5.41) is 0. The summed E-state index contributed by atoms with van der Waals surface area (Å²) < 4.78 is 10.5. The van der Waals surface area contributed by atoms with Crippen LogP contribution in [0.4, 0.5) is 0 Å². The molecule has 4 heteroatoms. The fourth-order valence-corrected chi connectivity index (χ4v) is 2.66. The highest BCUT2D eigenvalue weighted by Gasteiger charge is 2.20. The lowest BCUT2D eigenvalue weighted by molar-refractivity contribution is -0.122. The van der Waals surface area contributed by atoms with Crippen LogP contribution in [-0.2, 0) is 28.7 Å². The second-order valence-corrected chi connectivity index (χ2v) is 4.77. The van der Waals surface area contributed by atoms with Crippen LogP contribution in [-0.4, -0.2) is 26.6 Å². The SMILES string of the molecule is COC(OC)C(Cc1ccc2c(c1)CCC2)NN. The van der Waals surface area contributed by atoms with Crippen molar-refractivity contribution in [2.24, 2.45) is 5.84 Å². The Morgan fingerprint density at radius 3 is 2.61 bits per heavy atom. The Morgan fingerprint density at radius 1 is 1.22 bits per heavy atom. The van der Waals surface area contributed by atoms with Gasteiger partial charge >= 0.3 is 0 Å². The highest BCUT2D eigenvalue weighted by Crippen LogP contribution is 2.23. The molecule has 0 radical (unpaired) electrons. The Bertz CT molecular complexity index is 391. The highest BCUT2D eigenvalue weighted by atomic mass is 16.7. The number of hydrogen-bond acceptors (Lipinski definition) is 4. The summed E-state index contributed by atoms with van der Waals surface area (Å²) in [7, 11) is 3.25. The Labute approximate surface area is 108 Å². The van der Waals surface area contributed by atoms with Crippen LogP contribution in [0.25, 0.3) is 0 Å². The Balaban J connectivity index is 2.07. The van der Waals surface area contributed by atoms with Gasteiger partial charge in [0.2, 0.25) is 0 Å². The molecule has 1 atom stereocenters. The third kappa shape index (κ3) is 2.90. The smallest absolute Gasteiger partial charge is 0.173 e. The van der Waals surface area contributed by atoms with Gasteiger partial charge in [-0.1, -0.05) is 18.2 Å². The van der Waals surface area contributed by atoms with Crippen molar-refractivity contribution in [3.8, 4) is 0 Å². The molecule has 1 aromatic rings. The first-order valence-corrected chi connectivity index (χ1v) is 6.41. The monoisotopic (exact) mass is 250 g/mol. The first kappa shape index (κ1) is 13.5. The molecular formula is C14H22N2O2. The van der Waals surface area contributed by atoms with Crippen molar-refractivity contribution in [3.05, 3.63) is 34.9 Å². The van der Waals surface area contributed by atoms with E-state index in [-0.39, 0.29) is 12.3 Å². The van der Waals surface area contributed by atoms with E-state index < -0.39 is 0 Å². The number of methoxy groups -OCH3 is 2. The van der Waals surface area contributed by atoms with Gasteiger partial charge in [-0.25, -0.2) is 0 Å². The van der Waals surface area contributed by atoms with Crippen LogP contribution in [0.15, 0.2) is 18.2 Å². The summed E-state index contributed by atoms with van der Waals surface area (Å²) in [4.78, 5) is 0. The van der Waals surface area contributed by atoms with E-state index in [2.05, 4.69) is 23.6 Å². The lowest BCUT2D eigenvalue weighted by atomic mass is 10.0. The zero-order valence-electron chi connectivity index (χ0n) is 11.1. The van der Waals surface area contributed by atoms with E-state index in [1.807, 2.05) is 0 Å².